The van der Waals surface area contributed by atoms with Crippen LogP contribution in [0.3, 0.4) is 0 Å². The lowest BCUT2D eigenvalue weighted by atomic mass is 10.2. The van der Waals surface area contributed by atoms with Crippen molar-refractivity contribution >= 4 is 17.3 Å². The number of ether oxygens (including phenoxy) is 1. The fourth-order valence-corrected chi connectivity index (χ4v) is 3.27. The number of carbonyl (C=O) groups excluding carboxylic acids is 1. The molecule has 2 aromatic carbocycles. The molecular formula is C21H25F2N3O2. The second-order valence-electron chi connectivity index (χ2n) is 6.66. The summed E-state index contributed by atoms with van der Waals surface area (Å²) in [7, 11) is 0. The van der Waals surface area contributed by atoms with Crippen LogP contribution >= 0.6 is 0 Å². The first-order chi connectivity index (χ1) is 13.6. The van der Waals surface area contributed by atoms with Crippen LogP contribution in [-0.2, 0) is 4.79 Å². The smallest absolute Gasteiger partial charge is 0.225 e. The maximum Gasteiger partial charge on any atom is 0.225 e. The van der Waals surface area contributed by atoms with Crippen LogP contribution in [0.4, 0.5) is 20.2 Å². The molecule has 0 radical (unpaired) electrons. The average Bonchev–Trinajstić information content (AvgIpc) is 2.70. The Balaban J connectivity index is 1.45. The molecular weight excluding hydrogens is 364 g/mol. The van der Waals surface area contributed by atoms with Crippen LogP contribution in [0.15, 0.2) is 42.5 Å². The molecule has 0 aliphatic carbocycles. The molecule has 1 fully saturated rings. The number of carbonyl (C=O) groups is 1. The van der Waals surface area contributed by atoms with E-state index in [4.69, 9.17) is 4.74 Å². The lowest BCUT2D eigenvalue weighted by Gasteiger charge is -2.36. The summed E-state index contributed by atoms with van der Waals surface area (Å²) < 4.78 is 31.9. The van der Waals surface area contributed by atoms with Crippen molar-refractivity contribution in [1.29, 1.82) is 0 Å². The minimum atomic E-state index is -0.971. The maximum absolute atomic E-state index is 13.2. The number of hydrogen-bond donors (Lipinski definition) is 1. The Morgan fingerprint density at radius 1 is 1.07 bits per heavy atom. The molecule has 1 amide bonds. The first kappa shape index (κ1) is 20.1. The van der Waals surface area contributed by atoms with Crippen molar-refractivity contribution in [2.45, 2.75) is 13.3 Å². The number of nitrogens with one attached hydrogen (secondary N) is 1. The molecule has 1 aliphatic rings. The SMILES string of the molecule is CCOc1ccccc1N1CCN(CCC(=O)Nc2ccc(F)c(F)c2)CC1. The monoisotopic (exact) mass is 389 g/mol. The van der Waals surface area contributed by atoms with Crippen LogP contribution in [0.25, 0.3) is 0 Å². The van der Waals surface area contributed by atoms with E-state index in [-0.39, 0.29) is 11.6 Å². The van der Waals surface area contributed by atoms with E-state index >= 15 is 0 Å². The van der Waals surface area contributed by atoms with Gasteiger partial charge in [0.25, 0.3) is 0 Å². The Hall–Kier alpha value is -2.67. The van der Waals surface area contributed by atoms with Crippen molar-refractivity contribution in [3.8, 4) is 5.75 Å². The van der Waals surface area contributed by atoms with Crippen LogP contribution in [-0.4, -0.2) is 50.1 Å². The van der Waals surface area contributed by atoms with E-state index in [1.54, 1.807) is 0 Å². The highest BCUT2D eigenvalue weighted by Gasteiger charge is 2.20. The molecule has 5 nitrogen and oxygen atoms in total. The van der Waals surface area contributed by atoms with Gasteiger partial charge in [0.05, 0.1) is 12.3 Å². The summed E-state index contributed by atoms with van der Waals surface area (Å²) in [4.78, 5) is 16.6. The zero-order chi connectivity index (χ0) is 19.9. The van der Waals surface area contributed by atoms with E-state index in [1.807, 2.05) is 25.1 Å². The minimum absolute atomic E-state index is 0.213. The van der Waals surface area contributed by atoms with Crippen molar-refractivity contribution in [1.82, 2.24) is 4.90 Å². The Kier molecular flexibility index (Phi) is 6.81. The van der Waals surface area contributed by atoms with Gasteiger partial charge in [0.2, 0.25) is 5.91 Å². The first-order valence-corrected chi connectivity index (χ1v) is 9.51. The second kappa shape index (κ2) is 9.50. The molecule has 1 heterocycles. The van der Waals surface area contributed by atoms with Gasteiger partial charge in [0.1, 0.15) is 5.75 Å². The quantitative estimate of drug-likeness (QED) is 0.787. The highest BCUT2D eigenvalue weighted by molar-refractivity contribution is 5.90. The Bertz CT molecular complexity index is 808. The summed E-state index contributed by atoms with van der Waals surface area (Å²) in [6, 6.07) is 11.4. The summed E-state index contributed by atoms with van der Waals surface area (Å²) in [5, 5.41) is 2.61. The van der Waals surface area contributed by atoms with Crippen molar-refractivity contribution in [3.63, 3.8) is 0 Å². The molecule has 1 saturated heterocycles. The van der Waals surface area contributed by atoms with Crippen LogP contribution < -0.4 is 15.0 Å². The van der Waals surface area contributed by atoms with Crippen LogP contribution in [0.5, 0.6) is 5.75 Å². The van der Waals surface area contributed by atoms with E-state index in [9.17, 15) is 13.6 Å². The van der Waals surface area contributed by atoms with Gasteiger partial charge in [0.15, 0.2) is 11.6 Å². The van der Waals surface area contributed by atoms with E-state index in [1.165, 1.54) is 6.07 Å². The number of halogens is 2. The molecule has 0 saturated carbocycles. The lowest BCUT2D eigenvalue weighted by Crippen LogP contribution is -2.47. The van der Waals surface area contributed by atoms with Gasteiger partial charge in [0, 0.05) is 50.9 Å². The van der Waals surface area contributed by atoms with Crippen molar-refractivity contribution < 1.29 is 18.3 Å². The maximum atomic E-state index is 13.2. The standard InChI is InChI=1S/C21H25F2N3O2/c1-2-28-20-6-4-3-5-19(20)26-13-11-25(12-14-26)10-9-21(27)24-16-7-8-17(22)18(23)15-16/h3-8,15H,2,9-14H2,1H3,(H,24,27). The number of rotatable bonds is 7. The van der Waals surface area contributed by atoms with Gasteiger partial charge in [-0.05, 0) is 31.2 Å². The third-order valence-corrected chi connectivity index (χ3v) is 4.74. The van der Waals surface area contributed by atoms with Crippen LogP contribution in [0, 0.1) is 11.6 Å². The average molecular weight is 389 g/mol. The van der Waals surface area contributed by atoms with Gasteiger partial charge in [-0.2, -0.15) is 0 Å². The highest BCUT2D eigenvalue weighted by atomic mass is 19.2. The molecule has 0 atom stereocenters. The van der Waals surface area contributed by atoms with Gasteiger partial charge >= 0.3 is 0 Å². The molecule has 0 spiro atoms. The second-order valence-corrected chi connectivity index (χ2v) is 6.66. The predicted molar refractivity (Wildman–Crippen MR) is 106 cm³/mol. The number of piperazine rings is 1. The fraction of sp³-hybridized carbons (Fsp3) is 0.381. The molecule has 0 aromatic heterocycles. The molecule has 0 unspecified atom stereocenters. The Labute approximate surface area is 163 Å². The number of para-hydroxylation sites is 2. The number of anilines is 2. The number of benzene rings is 2. The van der Waals surface area contributed by atoms with Crippen molar-refractivity contribution in [2.75, 3.05) is 49.5 Å². The molecule has 3 rings (SSSR count). The third-order valence-electron chi connectivity index (χ3n) is 4.74. The normalized spacial score (nSPS) is 14.8. The third kappa shape index (κ3) is 5.19. The van der Waals surface area contributed by atoms with Gasteiger partial charge in [-0.15, -0.1) is 0 Å². The van der Waals surface area contributed by atoms with Gasteiger partial charge in [-0.3, -0.25) is 9.69 Å². The summed E-state index contributed by atoms with van der Waals surface area (Å²) >= 11 is 0. The molecule has 1 N–H and O–H groups in total. The Morgan fingerprint density at radius 3 is 2.54 bits per heavy atom. The van der Waals surface area contributed by atoms with Crippen LogP contribution in [0.2, 0.25) is 0 Å². The highest BCUT2D eigenvalue weighted by Crippen LogP contribution is 2.28. The van der Waals surface area contributed by atoms with E-state index in [0.29, 0.717) is 19.6 Å². The van der Waals surface area contributed by atoms with Crippen LogP contribution in [0.1, 0.15) is 13.3 Å². The molecule has 28 heavy (non-hydrogen) atoms. The zero-order valence-corrected chi connectivity index (χ0v) is 16.0. The minimum Gasteiger partial charge on any atom is -0.492 e. The van der Waals surface area contributed by atoms with Crippen molar-refractivity contribution in [2.24, 2.45) is 0 Å². The molecule has 7 heteroatoms. The number of nitrogens with zero attached hydrogens (tertiary/aromatic N) is 2. The van der Waals surface area contributed by atoms with E-state index in [2.05, 4.69) is 21.2 Å². The summed E-state index contributed by atoms with van der Waals surface area (Å²) in [5.74, 6) is -1.22. The number of hydrogen-bond acceptors (Lipinski definition) is 4. The van der Waals surface area contributed by atoms with Gasteiger partial charge in [-0.1, -0.05) is 12.1 Å². The number of amides is 1. The summed E-state index contributed by atoms with van der Waals surface area (Å²) in [6.07, 6.45) is 0.300. The fourth-order valence-electron chi connectivity index (χ4n) is 3.27. The predicted octanol–water partition coefficient (Wildman–Crippen LogP) is 3.51. The topological polar surface area (TPSA) is 44.8 Å². The first-order valence-electron chi connectivity index (χ1n) is 9.51. The molecule has 0 bridgehead atoms. The summed E-state index contributed by atoms with van der Waals surface area (Å²) in [6.45, 7) is 6.63. The summed E-state index contributed by atoms with van der Waals surface area (Å²) in [5.41, 5.74) is 1.36. The Morgan fingerprint density at radius 2 is 1.82 bits per heavy atom. The zero-order valence-electron chi connectivity index (χ0n) is 16.0. The largest absolute Gasteiger partial charge is 0.492 e. The van der Waals surface area contributed by atoms with Gasteiger partial charge < -0.3 is 15.0 Å². The molecule has 2 aromatic rings. The van der Waals surface area contributed by atoms with E-state index < -0.39 is 11.6 Å². The van der Waals surface area contributed by atoms with E-state index in [0.717, 1.165) is 49.7 Å². The van der Waals surface area contributed by atoms with Crippen molar-refractivity contribution in [3.05, 3.63) is 54.1 Å². The molecule has 1 aliphatic heterocycles. The molecule has 150 valence electrons. The lowest BCUT2D eigenvalue weighted by molar-refractivity contribution is -0.116. The van der Waals surface area contributed by atoms with Gasteiger partial charge in [-0.25, -0.2) is 8.78 Å².